The van der Waals surface area contributed by atoms with Gasteiger partial charge < -0.3 is 5.11 Å². The Morgan fingerprint density at radius 3 is 2.28 bits per heavy atom. The SMILES string of the molecule is C=CCN(CC=C)CCC(C)(c1ccccc1)c1cc(C)ccc1O. The number of aromatic hydroxyl groups is 1. The van der Waals surface area contributed by atoms with E-state index in [4.69, 9.17) is 0 Å². The molecule has 2 nitrogen and oxygen atoms in total. The Kier molecular flexibility index (Phi) is 6.60. The van der Waals surface area contributed by atoms with E-state index in [0.717, 1.165) is 37.2 Å². The van der Waals surface area contributed by atoms with Gasteiger partial charge in [-0.3, -0.25) is 4.90 Å². The average Bonchev–Trinajstić information content (AvgIpc) is 2.62. The van der Waals surface area contributed by atoms with E-state index in [2.05, 4.69) is 62.2 Å². The van der Waals surface area contributed by atoms with E-state index in [1.54, 1.807) is 6.07 Å². The first kappa shape index (κ1) is 19.0. The molecule has 1 unspecified atom stereocenters. The van der Waals surface area contributed by atoms with Crippen molar-refractivity contribution < 1.29 is 5.11 Å². The average molecular weight is 335 g/mol. The molecule has 0 aromatic heterocycles. The Morgan fingerprint density at radius 1 is 1.04 bits per heavy atom. The van der Waals surface area contributed by atoms with Crippen molar-refractivity contribution in [3.63, 3.8) is 0 Å². The summed E-state index contributed by atoms with van der Waals surface area (Å²) in [6.45, 7) is 14.6. The van der Waals surface area contributed by atoms with Crippen LogP contribution in [0.25, 0.3) is 0 Å². The first-order valence-electron chi connectivity index (χ1n) is 8.81. The molecule has 0 aliphatic rings. The zero-order chi connectivity index (χ0) is 18.3. The molecule has 0 aliphatic heterocycles. The van der Waals surface area contributed by atoms with Crippen molar-refractivity contribution in [1.82, 2.24) is 4.90 Å². The van der Waals surface area contributed by atoms with Gasteiger partial charge in [-0.25, -0.2) is 0 Å². The van der Waals surface area contributed by atoms with Crippen LogP contribution < -0.4 is 0 Å². The van der Waals surface area contributed by atoms with Crippen molar-refractivity contribution in [2.75, 3.05) is 19.6 Å². The van der Waals surface area contributed by atoms with E-state index in [0.29, 0.717) is 5.75 Å². The molecule has 0 radical (unpaired) electrons. The summed E-state index contributed by atoms with van der Waals surface area (Å²) in [5, 5.41) is 10.6. The van der Waals surface area contributed by atoms with E-state index in [1.807, 2.05) is 24.3 Å². The number of phenolic OH excluding ortho intramolecular Hbond substituents is 1. The molecule has 2 aromatic rings. The van der Waals surface area contributed by atoms with Crippen LogP contribution in [0.4, 0.5) is 0 Å². The van der Waals surface area contributed by atoms with Gasteiger partial charge in [0.1, 0.15) is 5.75 Å². The highest BCUT2D eigenvalue weighted by molar-refractivity contribution is 5.47. The van der Waals surface area contributed by atoms with Gasteiger partial charge in [-0.1, -0.05) is 67.1 Å². The molecule has 2 heteroatoms. The third-order valence-electron chi connectivity index (χ3n) is 4.86. The molecule has 1 N–H and O–H groups in total. The summed E-state index contributed by atoms with van der Waals surface area (Å²) < 4.78 is 0. The summed E-state index contributed by atoms with van der Waals surface area (Å²) in [5.74, 6) is 0.357. The van der Waals surface area contributed by atoms with Gasteiger partial charge in [0.2, 0.25) is 0 Å². The second-order valence-corrected chi connectivity index (χ2v) is 6.81. The Hall–Kier alpha value is -2.32. The maximum absolute atomic E-state index is 10.6. The second kappa shape index (κ2) is 8.68. The van der Waals surface area contributed by atoms with Crippen molar-refractivity contribution in [2.45, 2.75) is 25.7 Å². The Labute approximate surface area is 152 Å². The lowest BCUT2D eigenvalue weighted by Gasteiger charge is -2.34. The van der Waals surface area contributed by atoms with Crippen LogP contribution in [0.1, 0.15) is 30.0 Å². The minimum Gasteiger partial charge on any atom is -0.508 e. The first-order valence-corrected chi connectivity index (χ1v) is 8.81. The molecule has 0 saturated heterocycles. The number of aryl methyl sites for hydroxylation is 1. The van der Waals surface area contributed by atoms with Gasteiger partial charge in [-0.05, 0) is 31.5 Å². The van der Waals surface area contributed by atoms with Gasteiger partial charge in [0, 0.05) is 24.1 Å². The number of hydrogen-bond donors (Lipinski definition) is 1. The number of benzene rings is 2. The smallest absolute Gasteiger partial charge is 0.119 e. The van der Waals surface area contributed by atoms with Crippen molar-refractivity contribution in [2.24, 2.45) is 0 Å². The van der Waals surface area contributed by atoms with E-state index < -0.39 is 0 Å². The minimum atomic E-state index is -0.266. The van der Waals surface area contributed by atoms with Gasteiger partial charge in [0.15, 0.2) is 0 Å². The molecule has 0 aliphatic carbocycles. The zero-order valence-electron chi connectivity index (χ0n) is 15.4. The Morgan fingerprint density at radius 2 is 1.68 bits per heavy atom. The van der Waals surface area contributed by atoms with Gasteiger partial charge in [-0.2, -0.15) is 0 Å². The van der Waals surface area contributed by atoms with Crippen molar-refractivity contribution in [3.05, 3.63) is 90.5 Å². The second-order valence-electron chi connectivity index (χ2n) is 6.81. The molecule has 0 amide bonds. The number of phenols is 1. The lowest BCUT2D eigenvalue weighted by Crippen LogP contribution is -2.33. The molecule has 132 valence electrons. The molecule has 0 bridgehead atoms. The monoisotopic (exact) mass is 335 g/mol. The van der Waals surface area contributed by atoms with E-state index in [9.17, 15) is 5.11 Å². The highest BCUT2D eigenvalue weighted by atomic mass is 16.3. The summed E-state index contributed by atoms with van der Waals surface area (Å²) in [6.07, 6.45) is 4.75. The summed E-state index contributed by atoms with van der Waals surface area (Å²) >= 11 is 0. The van der Waals surface area contributed by atoms with Crippen LogP contribution in [0, 0.1) is 6.92 Å². The third kappa shape index (κ3) is 4.61. The minimum absolute atomic E-state index is 0.266. The van der Waals surface area contributed by atoms with Gasteiger partial charge in [0.25, 0.3) is 0 Å². The highest BCUT2D eigenvalue weighted by Crippen LogP contribution is 2.40. The molecule has 25 heavy (non-hydrogen) atoms. The van der Waals surface area contributed by atoms with Crippen LogP contribution in [0.15, 0.2) is 73.8 Å². The zero-order valence-corrected chi connectivity index (χ0v) is 15.4. The molecule has 0 fully saturated rings. The van der Waals surface area contributed by atoms with Crippen LogP contribution in [-0.4, -0.2) is 29.6 Å². The molecular weight excluding hydrogens is 306 g/mol. The standard InChI is InChI=1S/C23H29NO/c1-5-15-24(16-6-2)17-14-23(4,20-10-8-7-9-11-20)21-18-19(3)12-13-22(21)25/h5-13,18,25H,1-2,14-17H2,3-4H3. The van der Waals surface area contributed by atoms with E-state index in [-0.39, 0.29) is 5.41 Å². The molecule has 2 rings (SSSR count). The lowest BCUT2D eigenvalue weighted by atomic mass is 9.73. The first-order chi connectivity index (χ1) is 12.0. The van der Waals surface area contributed by atoms with Gasteiger partial charge in [-0.15, -0.1) is 13.2 Å². The van der Waals surface area contributed by atoms with Crippen LogP contribution in [0.5, 0.6) is 5.75 Å². The van der Waals surface area contributed by atoms with Gasteiger partial charge in [0.05, 0.1) is 0 Å². The Balaban J connectivity index is 2.41. The van der Waals surface area contributed by atoms with Gasteiger partial charge >= 0.3 is 0 Å². The topological polar surface area (TPSA) is 23.5 Å². The maximum Gasteiger partial charge on any atom is 0.119 e. The predicted molar refractivity (Wildman–Crippen MR) is 107 cm³/mol. The number of rotatable bonds is 9. The maximum atomic E-state index is 10.6. The van der Waals surface area contributed by atoms with Crippen molar-refractivity contribution in [3.8, 4) is 5.75 Å². The molecular formula is C23H29NO. The fraction of sp³-hybridized carbons (Fsp3) is 0.304. The Bertz CT molecular complexity index is 697. The largest absolute Gasteiger partial charge is 0.508 e. The summed E-state index contributed by atoms with van der Waals surface area (Å²) in [5.41, 5.74) is 3.09. The van der Waals surface area contributed by atoms with E-state index in [1.165, 1.54) is 5.56 Å². The van der Waals surface area contributed by atoms with Crippen molar-refractivity contribution in [1.29, 1.82) is 0 Å². The van der Waals surface area contributed by atoms with E-state index >= 15 is 0 Å². The van der Waals surface area contributed by atoms with Crippen LogP contribution in [0.2, 0.25) is 0 Å². The molecule has 2 aromatic carbocycles. The summed E-state index contributed by atoms with van der Waals surface area (Å²) in [4.78, 5) is 2.31. The molecule has 1 atom stereocenters. The fourth-order valence-electron chi connectivity index (χ4n) is 3.34. The number of hydrogen-bond acceptors (Lipinski definition) is 2. The quantitative estimate of drug-likeness (QED) is 0.647. The van der Waals surface area contributed by atoms with Crippen LogP contribution >= 0.6 is 0 Å². The van der Waals surface area contributed by atoms with Crippen molar-refractivity contribution >= 4 is 0 Å². The normalized spacial score (nSPS) is 13.4. The lowest BCUT2D eigenvalue weighted by molar-refractivity contribution is 0.299. The number of nitrogens with zero attached hydrogens (tertiary/aromatic N) is 1. The molecule has 0 saturated carbocycles. The highest BCUT2D eigenvalue weighted by Gasteiger charge is 2.31. The molecule has 0 spiro atoms. The van der Waals surface area contributed by atoms with Crippen LogP contribution in [-0.2, 0) is 5.41 Å². The third-order valence-corrected chi connectivity index (χ3v) is 4.86. The summed E-state index contributed by atoms with van der Waals surface area (Å²) in [7, 11) is 0. The van der Waals surface area contributed by atoms with Crippen LogP contribution in [0.3, 0.4) is 0 Å². The fourth-order valence-corrected chi connectivity index (χ4v) is 3.34. The predicted octanol–water partition coefficient (Wildman–Crippen LogP) is 5.07. The molecule has 0 heterocycles. The summed E-state index contributed by atoms with van der Waals surface area (Å²) in [6, 6.07) is 16.3.